The maximum atomic E-state index is 12.9. The summed E-state index contributed by atoms with van der Waals surface area (Å²) in [7, 11) is 0. The van der Waals surface area contributed by atoms with Crippen LogP contribution in [0.1, 0.15) is 290 Å². The van der Waals surface area contributed by atoms with Crippen LogP contribution in [0.5, 0.6) is 0 Å². The highest BCUT2D eigenvalue weighted by molar-refractivity contribution is 5.71. The van der Waals surface area contributed by atoms with Crippen molar-refractivity contribution >= 4 is 17.9 Å². The van der Waals surface area contributed by atoms with E-state index in [1.54, 1.807) is 0 Å². The van der Waals surface area contributed by atoms with E-state index in [4.69, 9.17) is 14.2 Å². The molecule has 0 aromatic heterocycles. The predicted molar refractivity (Wildman–Crippen MR) is 343 cm³/mol. The quantitative estimate of drug-likeness (QED) is 0.0261. The minimum Gasteiger partial charge on any atom is -0.462 e. The lowest BCUT2D eigenvalue weighted by Crippen LogP contribution is -2.30. The van der Waals surface area contributed by atoms with Crippen LogP contribution in [-0.2, 0) is 28.6 Å². The van der Waals surface area contributed by atoms with Crippen molar-refractivity contribution in [2.45, 2.75) is 297 Å². The van der Waals surface area contributed by atoms with Gasteiger partial charge in [-0.25, -0.2) is 0 Å². The molecule has 0 N–H and O–H groups in total. The zero-order valence-corrected chi connectivity index (χ0v) is 51.3. The topological polar surface area (TPSA) is 78.9 Å². The van der Waals surface area contributed by atoms with Gasteiger partial charge in [-0.2, -0.15) is 0 Å². The molecule has 0 fully saturated rings. The number of hydrogen-bond acceptors (Lipinski definition) is 6. The number of esters is 3. The van der Waals surface area contributed by atoms with Crippen LogP contribution >= 0.6 is 0 Å². The molecule has 79 heavy (non-hydrogen) atoms. The highest BCUT2D eigenvalue weighted by Crippen LogP contribution is 2.15. The van der Waals surface area contributed by atoms with E-state index in [2.05, 4.69) is 154 Å². The summed E-state index contributed by atoms with van der Waals surface area (Å²) in [6.45, 7) is 6.45. The Morgan fingerprint density at radius 1 is 0.266 bits per heavy atom. The highest BCUT2D eigenvalue weighted by Gasteiger charge is 2.19. The Labute approximate surface area is 487 Å². The van der Waals surface area contributed by atoms with E-state index in [0.29, 0.717) is 19.3 Å². The maximum Gasteiger partial charge on any atom is 0.306 e. The van der Waals surface area contributed by atoms with E-state index in [-0.39, 0.29) is 31.1 Å². The molecule has 0 radical (unpaired) electrons. The molecule has 0 aromatic rings. The standard InChI is InChI=1S/C73H120O6/c1-4-7-10-13-16-19-22-25-28-31-33-34-35-36-37-38-40-42-45-48-51-54-57-60-63-66-72(75)78-69-70(68-77-71(74)65-62-59-56-53-50-47-44-41-30-27-24-21-18-15-12-9-6-3)79-73(76)67-64-61-58-55-52-49-46-43-39-32-29-26-23-20-17-14-11-8-5-2/h7,10,16-21,25-30,33-34,36-37,40,42,48,51,70H,4-6,8-9,11-15,22-24,31-32,35,38-39,41,43-47,49-50,52-69H2,1-3H3/b10-7-,19-16-,20-17-,21-18-,28-25-,29-26-,30-27-,34-33-,37-36-,42-40-,51-48-. The molecule has 0 aliphatic carbocycles. The summed E-state index contributed by atoms with van der Waals surface area (Å²) in [5.74, 6) is -0.940. The minimum absolute atomic E-state index is 0.0979. The van der Waals surface area contributed by atoms with Crippen molar-refractivity contribution in [2.24, 2.45) is 0 Å². The summed E-state index contributed by atoms with van der Waals surface area (Å²) in [5.41, 5.74) is 0. The van der Waals surface area contributed by atoms with Gasteiger partial charge in [-0.3, -0.25) is 14.4 Å². The molecule has 0 spiro atoms. The van der Waals surface area contributed by atoms with Crippen LogP contribution in [0, 0.1) is 0 Å². The fraction of sp³-hybridized carbons (Fsp3) is 0.658. The third-order valence-electron chi connectivity index (χ3n) is 13.6. The first kappa shape index (κ1) is 74.5. The Balaban J connectivity index is 4.48. The maximum absolute atomic E-state index is 12.9. The number of carbonyl (C=O) groups excluding carboxylic acids is 3. The second-order valence-corrected chi connectivity index (χ2v) is 21.3. The zero-order valence-electron chi connectivity index (χ0n) is 51.3. The molecular formula is C73H120O6. The van der Waals surface area contributed by atoms with Crippen molar-refractivity contribution in [3.8, 4) is 0 Å². The number of rotatable bonds is 58. The van der Waals surface area contributed by atoms with Crippen molar-refractivity contribution in [1.82, 2.24) is 0 Å². The average Bonchev–Trinajstić information content (AvgIpc) is 3.45. The number of hydrogen-bond donors (Lipinski definition) is 0. The van der Waals surface area contributed by atoms with E-state index in [0.717, 1.165) is 128 Å². The van der Waals surface area contributed by atoms with E-state index < -0.39 is 6.10 Å². The Morgan fingerprint density at radius 3 is 0.785 bits per heavy atom. The fourth-order valence-electron chi connectivity index (χ4n) is 8.72. The van der Waals surface area contributed by atoms with Gasteiger partial charge in [0.1, 0.15) is 13.2 Å². The van der Waals surface area contributed by atoms with Gasteiger partial charge in [0.05, 0.1) is 0 Å². The van der Waals surface area contributed by atoms with Gasteiger partial charge in [-0.15, -0.1) is 0 Å². The first-order valence-corrected chi connectivity index (χ1v) is 32.7. The van der Waals surface area contributed by atoms with Crippen LogP contribution in [0.25, 0.3) is 0 Å². The normalized spacial score (nSPS) is 13.0. The van der Waals surface area contributed by atoms with Gasteiger partial charge in [-0.05, 0) is 141 Å². The number of carbonyl (C=O) groups is 3. The van der Waals surface area contributed by atoms with Crippen molar-refractivity contribution in [2.75, 3.05) is 13.2 Å². The molecule has 0 aliphatic heterocycles. The van der Waals surface area contributed by atoms with Crippen LogP contribution < -0.4 is 0 Å². The Morgan fingerprint density at radius 2 is 0.494 bits per heavy atom. The SMILES string of the molecule is CC/C=C\C/C=C\C/C=C\C/C=C\C/C=C\C/C=C\C/C=C\CCCCCC(=O)OCC(COC(=O)CCCCCCCCC/C=C\C/C=C\CCCCC)OC(=O)CCCCCCCCCCC/C=C\C/C=C\CCCCC. The number of ether oxygens (including phenoxy) is 3. The molecule has 0 saturated carbocycles. The Bertz CT molecular complexity index is 1680. The Kier molecular flexibility index (Phi) is 62.3. The summed E-state index contributed by atoms with van der Waals surface area (Å²) in [6, 6.07) is 0. The van der Waals surface area contributed by atoms with E-state index in [1.807, 2.05) is 0 Å². The molecule has 6 heteroatoms. The first-order valence-electron chi connectivity index (χ1n) is 32.7. The third kappa shape index (κ3) is 64.3. The molecule has 1 unspecified atom stereocenters. The molecule has 0 heterocycles. The lowest BCUT2D eigenvalue weighted by Gasteiger charge is -2.18. The summed E-state index contributed by atoms with van der Waals surface area (Å²) in [5, 5.41) is 0. The van der Waals surface area contributed by atoms with Gasteiger partial charge < -0.3 is 14.2 Å². The van der Waals surface area contributed by atoms with E-state index in [1.165, 1.54) is 122 Å². The summed E-state index contributed by atoms with van der Waals surface area (Å²) < 4.78 is 16.9. The molecule has 1 atom stereocenters. The van der Waals surface area contributed by atoms with Gasteiger partial charge in [0.15, 0.2) is 6.10 Å². The van der Waals surface area contributed by atoms with Gasteiger partial charge >= 0.3 is 17.9 Å². The van der Waals surface area contributed by atoms with Crippen molar-refractivity contribution in [3.63, 3.8) is 0 Å². The lowest BCUT2D eigenvalue weighted by atomic mass is 10.1. The van der Waals surface area contributed by atoms with Gasteiger partial charge in [0, 0.05) is 19.3 Å². The van der Waals surface area contributed by atoms with Crippen LogP contribution in [0.15, 0.2) is 134 Å². The van der Waals surface area contributed by atoms with Crippen molar-refractivity contribution in [1.29, 1.82) is 0 Å². The number of unbranched alkanes of at least 4 members (excludes halogenated alkanes) is 25. The average molecular weight is 1090 g/mol. The van der Waals surface area contributed by atoms with E-state index >= 15 is 0 Å². The van der Waals surface area contributed by atoms with Crippen LogP contribution in [-0.4, -0.2) is 37.2 Å². The zero-order chi connectivity index (χ0) is 57.1. The second-order valence-electron chi connectivity index (χ2n) is 21.3. The first-order chi connectivity index (χ1) is 39.0. The van der Waals surface area contributed by atoms with Gasteiger partial charge in [-0.1, -0.05) is 264 Å². The van der Waals surface area contributed by atoms with Crippen molar-refractivity contribution in [3.05, 3.63) is 134 Å². The molecule has 0 aromatic carbocycles. The number of allylic oxidation sites excluding steroid dienone is 22. The monoisotopic (exact) mass is 1090 g/mol. The molecule has 0 saturated heterocycles. The van der Waals surface area contributed by atoms with Gasteiger partial charge in [0.25, 0.3) is 0 Å². The summed E-state index contributed by atoms with van der Waals surface area (Å²) >= 11 is 0. The molecule has 448 valence electrons. The fourth-order valence-corrected chi connectivity index (χ4v) is 8.72. The van der Waals surface area contributed by atoms with Crippen LogP contribution in [0.4, 0.5) is 0 Å². The Hall–Kier alpha value is -4.45. The summed E-state index contributed by atoms with van der Waals surface area (Å²) in [6.07, 6.45) is 93.0. The predicted octanol–water partition coefficient (Wildman–Crippen LogP) is 22.5. The van der Waals surface area contributed by atoms with Crippen molar-refractivity contribution < 1.29 is 28.6 Å². The molecule has 6 nitrogen and oxygen atoms in total. The van der Waals surface area contributed by atoms with Crippen LogP contribution in [0.2, 0.25) is 0 Å². The third-order valence-corrected chi connectivity index (χ3v) is 13.6. The largest absolute Gasteiger partial charge is 0.462 e. The summed E-state index contributed by atoms with van der Waals surface area (Å²) in [4.78, 5) is 38.4. The molecule has 0 bridgehead atoms. The molecule has 0 aliphatic rings. The van der Waals surface area contributed by atoms with E-state index in [9.17, 15) is 14.4 Å². The smallest absolute Gasteiger partial charge is 0.306 e. The molecular weight excluding hydrogens is 973 g/mol. The molecule has 0 rings (SSSR count). The highest BCUT2D eigenvalue weighted by atomic mass is 16.6. The minimum atomic E-state index is -0.804. The molecule has 0 amide bonds. The lowest BCUT2D eigenvalue weighted by molar-refractivity contribution is -0.167. The second kappa shape index (κ2) is 66.1. The van der Waals surface area contributed by atoms with Gasteiger partial charge in [0.2, 0.25) is 0 Å². The van der Waals surface area contributed by atoms with Crippen LogP contribution in [0.3, 0.4) is 0 Å².